The Hall–Kier alpha value is -1.62. The van der Waals surface area contributed by atoms with Gasteiger partial charge in [-0.05, 0) is 38.7 Å². The molecule has 1 saturated carbocycles. The van der Waals surface area contributed by atoms with E-state index in [0.29, 0.717) is 23.7 Å². The Labute approximate surface area is 112 Å². The molecule has 19 heavy (non-hydrogen) atoms. The first kappa shape index (κ1) is 12.4. The number of pyridine rings is 1. The molecule has 1 amide bonds. The van der Waals surface area contributed by atoms with Crippen LogP contribution in [0.3, 0.4) is 0 Å². The zero-order valence-corrected chi connectivity index (χ0v) is 11.3. The van der Waals surface area contributed by atoms with Crippen molar-refractivity contribution in [3.63, 3.8) is 0 Å². The van der Waals surface area contributed by atoms with E-state index in [2.05, 4.69) is 4.98 Å². The molecule has 5 nitrogen and oxygen atoms in total. The van der Waals surface area contributed by atoms with Gasteiger partial charge in [0.05, 0.1) is 29.4 Å². The van der Waals surface area contributed by atoms with Gasteiger partial charge in [0.1, 0.15) is 0 Å². The molecule has 2 aliphatic rings. The molecule has 3 rings (SSSR count). The predicted molar refractivity (Wildman–Crippen MR) is 71.3 cm³/mol. The number of nitrogens with two attached hydrogens (primary N) is 1. The third-order valence-corrected chi connectivity index (χ3v) is 3.98. The fraction of sp³-hybridized carbons (Fsp3) is 0.571. The van der Waals surface area contributed by atoms with Gasteiger partial charge < -0.3 is 15.7 Å². The number of aromatic nitrogens is 1. The number of hydrogen-bond donors (Lipinski definition) is 2. The van der Waals surface area contributed by atoms with E-state index in [1.165, 1.54) is 0 Å². The highest BCUT2D eigenvalue weighted by Crippen LogP contribution is 2.43. The predicted octanol–water partition coefficient (Wildman–Crippen LogP) is 1.17. The van der Waals surface area contributed by atoms with E-state index in [9.17, 15) is 9.90 Å². The van der Waals surface area contributed by atoms with E-state index in [-0.39, 0.29) is 11.9 Å². The minimum atomic E-state index is -0.909. The Morgan fingerprint density at radius 2 is 2.21 bits per heavy atom. The molecule has 0 spiro atoms. The third-order valence-electron chi connectivity index (χ3n) is 3.98. The monoisotopic (exact) mass is 261 g/mol. The molecule has 1 aromatic heterocycles. The topological polar surface area (TPSA) is 79.4 Å². The summed E-state index contributed by atoms with van der Waals surface area (Å²) < 4.78 is 0. The van der Waals surface area contributed by atoms with E-state index in [1.807, 2.05) is 0 Å². The number of aliphatic hydroxyl groups is 1. The van der Waals surface area contributed by atoms with Crippen LogP contribution in [0.15, 0.2) is 12.3 Å². The Kier molecular flexibility index (Phi) is 2.57. The second-order valence-electron chi connectivity index (χ2n) is 6.09. The van der Waals surface area contributed by atoms with Crippen molar-refractivity contribution in [1.82, 2.24) is 9.88 Å². The van der Waals surface area contributed by atoms with E-state index in [0.717, 1.165) is 18.5 Å². The fourth-order valence-electron chi connectivity index (χ4n) is 3.11. The summed E-state index contributed by atoms with van der Waals surface area (Å²) in [5, 5.41) is 10.4. The minimum absolute atomic E-state index is 0.0976. The highest BCUT2D eigenvalue weighted by Gasteiger charge is 2.48. The van der Waals surface area contributed by atoms with Crippen molar-refractivity contribution < 1.29 is 9.90 Å². The number of rotatable bonds is 3. The standard InChI is InChI=1S/C14H19N3O2/c1-14(2,19)12(8-3-4-8)17-7-10-11(13(17)18)9(15)5-6-16-10/h5-6,8,12,19H,3-4,7H2,1-2H3,(H2,15,16). The molecule has 2 heterocycles. The zero-order chi connectivity index (χ0) is 13.8. The molecule has 1 aliphatic heterocycles. The summed E-state index contributed by atoms with van der Waals surface area (Å²) in [4.78, 5) is 18.5. The van der Waals surface area contributed by atoms with Gasteiger partial charge in [0.25, 0.3) is 5.91 Å². The number of carbonyl (C=O) groups is 1. The van der Waals surface area contributed by atoms with Gasteiger partial charge in [-0.25, -0.2) is 0 Å². The van der Waals surface area contributed by atoms with Gasteiger partial charge in [-0.15, -0.1) is 0 Å². The SMILES string of the molecule is CC(C)(O)C(C1CC1)N1Cc2nccc(N)c2C1=O. The first-order valence-corrected chi connectivity index (χ1v) is 6.66. The van der Waals surface area contributed by atoms with Crippen molar-refractivity contribution in [2.45, 2.75) is 44.9 Å². The summed E-state index contributed by atoms with van der Waals surface area (Å²) in [7, 11) is 0. The lowest BCUT2D eigenvalue weighted by atomic mass is 9.93. The normalized spacial score (nSPS) is 20.6. The van der Waals surface area contributed by atoms with Gasteiger partial charge in [-0.1, -0.05) is 0 Å². The smallest absolute Gasteiger partial charge is 0.258 e. The molecule has 1 aliphatic carbocycles. The number of carbonyl (C=O) groups excluding carboxylic acids is 1. The number of nitrogens with zero attached hydrogens (tertiary/aromatic N) is 2. The molecule has 102 valence electrons. The minimum Gasteiger partial charge on any atom is -0.398 e. The van der Waals surface area contributed by atoms with Gasteiger partial charge in [0.2, 0.25) is 0 Å². The van der Waals surface area contributed by atoms with Crippen LogP contribution in [0.1, 0.15) is 42.7 Å². The molecular formula is C14H19N3O2. The highest BCUT2D eigenvalue weighted by molar-refractivity contribution is 6.02. The summed E-state index contributed by atoms with van der Waals surface area (Å²) in [5.74, 6) is 0.291. The van der Waals surface area contributed by atoms with Gasteiger partial charge in [-0.3, -0.25) is 9.78 Å². The molecule has 5 heteroatoms. The lowest BCUT2D eigenvalue weighted by molar-refractivity contribution is -0.0225. The van der Waals surface area contributed by atoms with E-state index in [1.54, 1.807) is 31.0 Å². The Morgan fingerprint density at radius 3 is 2.74 bits per heavy atom. The van der Waals surface area contributed by atoms with Crippen LogP contribution in [0.5, 0.6) is 0 Å². The third kappa shape index (κ3) is 1.98. The quantitative estimate of drug-likeness (QED) is 0.856. The summed E-state index contributed by atoms with van der Waals surface area (Å²) in [6.45, 7) is 3.98. The lowest BCUT2D eigenvalue weighted by Crippen LogP contribution is -2.51. The van der Waals surface area contributed by atoms with Crippen LogP contribution in [-0.4, -0.2) is 32.5 Å². The maximum atomic E-state index is 12.5. The zero-order valence-electron chi connectivity index (χ0n) is 11.3. The first-order valence-electron chi connectivity index (χ1n) is 6.66. The van der Waals surface area contributed by atoms with E-state index in [4.69, 9.17) is 5.73 Å². The van der Waals surface area contributed by atoms with E-state index < -0.39 is 5.60 Å². The lowest BCUT2D eigenvalue weighted by Gasteiger charge is -2.37. The molecule has 1 unspecified atom stereocenters. The van der Waals surface area contributed by atoms with Gasteiger partial charge in [-0.2, -0.15) is 0 Å². The molecule has 1 fully saturated rings. The van der Waals surface area contributed by atoms with Crippen molar-refractivity contribution in [3.8, 4) is 0 Å². The average molecular weight is 261 g/mol. The summed E-state index contributed by atoms with van der Waals surface area (Å²) in [5.41, 5.74) is 6.67. The largest absolute Gasteiger partial charge is 0.398 e. The number of anilines is 1. The van der Waals surface area contributed by atoms with Gasteiger partial charge >= 0.3 is 0 Å². The van der Waals surface area contributed by atoms with Crippen molar-refractivity contribution in [1.29, 1.82) is 0 Å². The van der Waals surface area contributed by atoms with Crippen molar-refractivity contribution >= 4 is 11.6 Å². The maximum Gasteiger partial charge on any atom is 0.258 e. The van der Waals surface area contributed by atoms with Crippen LogP contribution in [0.2, 0.25) is 0 Å². The molecule has 1 aromatic rings. The van der Waals surface area contributed by atoms with Gasteiger partial charge in [0.15, 0.2) is 0 Å². The van der Waals surface area contributed by atoms with Crippen molar-refractivity contribution in [2.75, 3.05) is 5.73 Å². The van der Waals surface area contributed by atoms with Crippen LogP contribution in [-0.2, 0) is 6.54 Å². The Balaban J connectivity index is 1.97. The van der Waals surface area contributed by atoms with Crippen LogP contribution < -0.4 is 5.73 Å². The number of nitrogen functional groups attached to an aromatic ring is 1. The maximum absolute atomic E-state index is 12.5. The van der Waals surface area contributed by atoms with Crippen LogP contribution in [0.4, 0.5) is 5.69 Å². The molecule has 0 radical (unpaired) electrons. The second-order valence-corrected chi connectivity index (χ2v) is 6.09. The van der Waals surface area contributed by atoms with Crippen molar-refractivity contribution in [2.24, 2.45) is 5.92 Å². The second kappa shape index (κ2) is 3.93. The van der Waals surface area contributed by atoms with Crippen LogP contribution >= 0.6 is 0 Å². The summed E-state index contributed by atoms with van der Waals surface area (Å²) >= 11 is 0. The van der Waals surface area contributed by atoms with Crippen molar-refractivity contribution in [3.05, 3.63) is 23.5 Å². The molecular weight excluding hydrogens is 242 g/mol. The summed E-state index contributed by atoms with van der Waals surface area (Å²) in [6.07, 6.45) is 3.76. The molecule has 1 atom stereocenters. The number of fused-ring (bicyclic) bond motifs is 1. The molecule has 3 N–H and O–H groups in total. The Bertz CT molecular complexity index is 532. The van der Waals surface area contributed by atoms with E-state index >= 15 is 0 Å². The first-order chi connectivity index (χ1) is 8.89. The Morgan fingerprint density at radius 1 is 1.53 bits per heavy atom. The van der Waals surface area contributed by atoms with Crippen LogP contribution in [0.25, 0.3) is 0 Å². The number of amides is 1. The highest BCUT2D eigenvalue weighted by atomic mass is 16.3. The van der Waals surface area contributed by atoms with Gasteiger partial charge in [0, 0.05) is 11.9 Å². The fourth-order valence-corrected chi connectivity index (χ4v) is 3.11. The summed E-state index contributed by atoms with van der Waals surface area (Å²) in [6, 6.07) is 1.49. The molecule has 0 bridgehead atoms. The molecule has 0 saturated heterocycles. The average Bonchev–Trinajstić information content (AvgIpc) is 3.04. The van der Waals surface area contributed by atoms with Crippen LogP contribution in [0, 0.1) is 5.92 Å². The number of hydrogen-bond acceptors (Lipinski definition) is 4. The molecule has 0 aromatic carbocycles.